The monoisotopic (exact) mass is 280 g/mol. The van der Waals surface area contributed by atoms with E-state index in [2.05, 4.69) is 5.32 Å². The summed E-state index contributed by atoms with van der Waals surface area (Å²) in [6.07, 6.45) is 1.92. The van der Waals surface area contributed by atoms with Crippen LogP contribution < -0.4 is 15.8 Å². The Balaban J connectivity index is 2.19. The fourth-order valence-electron chi connectivity index (χ4n) is 1.83. The van der Waals surface area contributed by atoms with Gasteiger partial charge in [-0.1, -0.05) is 12.1 Å². The number of ether oxygens (including phenoxy) is 2. The average molecular weight is 280 g/mol. The summed E-state index contributed by atoms with van der Waals surface area (Å²) in [6.45, 7) is 1.10. The molecule has 1 amide bonds. The molecule has 5 nitrogen and oxygen atoms in total. The molecule has 1 unspecified atom stereocenters. The highest BCUT2D eigenvalue weighted by molar-refractivity contribution is 5.76. The summed E-state index contributed by atoms with van der Waals surface area (Å²) in [5.74, 6) is 0.871. The molecule has 1 atom stereocenters. The first-order chi connectivity index (χ1) is 9.65. The average Bonchev–Trinajstić information content (AvgIpc) is 2.46. The molecule has 1 aromatic rings. The Kier molecular flexibility index (Phi) is 7.69. The maximum atomic E-state index is 11.7. The van der Waals surface area contributed by atoms with Crippen molar-refractivity contribution < 1.29 is 14.3 Å². The minimum Gasteiger partial charge on any atom is -0.497 e. The smallest absolute Gasteiger partial charge is 0.220 e. The lowest BCUT2D eigenvalue weighted by Crippen LogP contribution is -2.32. The number of hydrogen-bond acceptors (Lipinski definition) is 4. The van der Waals surface area contributed by atoms with Gasteiger partial charge in [0.05, 0.1) is 13.7 Å². The van der Waals surface area contributed by atoms with E-state index in [1.165, 1.54) is 0 Å². The fraction of sp³-hybridized carbons (Fsp3) is 0.533. The van der Waals surface area contributed by atoms with Crippen LogP contribution in [0.3, 0.4) is 0 Å². The first kappa shape index (κ1) is 16.5. The summed E-state index contributed by atoms with van der Waals surface area (Å²) in [4.78, 5) is 11.7. The highest BCUT2D eigenvalue weighted by Crippen LogP contribution is 2.12. The Hall–Kier alpha value is -1.59. The van der Waals surface area contributed by atoms with E-state index in [9.17, 15) is 4.79 Å². The molecule has 1 rings (SSSR count). The first-order valence-electron chi connectivity index (χ1n) is 6.80. The van der Waals surface area contributed by atoms with Gasteiger partial charge in [0, 0.05) is 26.1 Å². The van der Waals surface area contributed by atoms with Crippen LogP contribution >= 0.6 is 0 Å². The molecular weight excluding hydrogens is 256 g/mol. The minimum atomic E-state index is -0.0260. The number of nitrogens with one attached hydrogen (secondary N) is 1. The molecule has 0 heterocycles. The molecule has 0 aromatic heterocycles. The standard InChI is InChI=1S/C15H24N2O3/c1-19-11-13(16)9-10-17-15(18)8-5-12-3-6-14(20-2)7-4-12/h3-4,6-7,13H,5,8-11,16H2,1-2H3,(H,17,18). The Labute approximate surface area is 120 Å². The van der Waals surface area contributed by atoms with Crippen LogP contribution in [0.4, 0.5) is 0 Å². The number of amides is 1. The van der Waals surface area contributed by atoms with E-state index in [0.717, 1.165) is 24.2 Å². The second-order valence-electron chi connectivity index (χ2n) is 4.70. The van der Waals surface area contributed by atoms with Crippen LogP contribution in [0.2, 0.25) is 0 Å². The maximum absolute atomic E-state index is 11.7. The summed E-state index contributed by atoms with van der Waals surface area (Å²) < 4.78 is 10.0. The van der Waals surface area contributed by atoms with Gasteiger partial charge >= 0.3 is 0 Å². The Morgan fingerprint density at radius 3 is 2.60 bits per heavy atom. The number of hydrogen-bond donors (Lipinski definition) is 2. The second kappa shape index (κ2) is 9.34. The lowest BCUT2D eigenvalue weighted by molar-refractivity contribution is -0.121. The topological polar surface area (TPSA) is 73.6 Å². The van der Waals surface area contributed by atoms with Crippen LogP contribution in [0.25, 0.3) is 0 Å². The lowest BCUT2D eigenvalue weighted by Gasteiger charge is -2.11. The van der Waals surface area contributed by atoms with E-state index in [1.807, 2.05) is 24.3 Å². The molecule has 0 saturated heterocycles. The number of aryl methyl sites for hydroxylation is 1. The number of carbonyl (C=O) groups excluding carboxylic acids is 1. The van der Waals surface area contributed by atoms with Crippen molar-refractivity contribution >= 4 is 5.91 Å². The van der Waals surface area contributed by atoms with Crippen molar-refractivity contribution in [3.05, 3.63) is 29.8 Å². The molecule has 0 aliphatic heterocycles. The van der Waals surface area contributed by atoms with Crippen molar-refractivity contribution in [1.29, 1.82) is 0 Å². The Morgan fingerprint density at radius 2 is 2.00 bits per heavy atom. The SMILES string of the molecule is COCC(N)CCNC(=O)CCc1ccc(OC)cc1. The largest absolute Gasteiger partial charge is 0.497 e. The zero-order valence-electron chi connectivity index (χ0n) is 12.2. The van der Waals surface area contributed by atoms with Gasteiger partial charge in [-0.15, -0.1) is 0 Å². The third-order valence-corrected chi connectivity index (χ3v) is 3.02. The number of benzene rings is 1. The second-order valence-corrected chi connectivity index (χ2v) is 4.70. The number of nitrogens with two attached hydrogens (primary N) is 1. The van der Waals surface area contributed by atoms with Crippen molar-refractivity contribution in [3.63, 3.8) is 0 Å². The number of carbonyl (C=O) groups is 1. The number of methoxy groups -OCH3 is 2. The molecule has 20 heavy (non-hydrogen) atoms. The van der Waals surface area contributed by atoms with Gasteiger partial charge in [-0.2, -0.15) is 0 Å². The minimum absolute atomic E-state index is 0.0260. The van der Waals surface area contributed by atoms with E-state index < -0.39 is 0 Å². The van der Waals surface area contributed by atoms with E-state index in [4.69, 9.17) is 15.2 Å². The summed E-state index contributed by atoms with van der Waals surface area (Å²) in [5.41, 5.74) is 6.90. The van der Waals surface area contributed by atoms with Crippen molar-refractivity contribution in [2.75, 3.05) is 27.4 Å². The van der Waals surface area contributed by atoms with Crippen molar-refractivity contribution in [3.8, 4) is 5.75 Å². The molecule has 112 valence electrons. The number of rotatable bonds is 9. The van der Waals surface area contributed by atoms with E-state index in [1.54, 1.807) is 14.2 Å². The van der Waals surface area contributed by atoms with Crippen LogP contribution in [0.5, 0.6) is 5.75 Å². The van der Waals surface area contributed by atoms with E-state index in [-0.39, 0.29) is 11.9 Å². The van der Waals surface area contributed by atoms with Crippen LogP contribution in [-0.4, -0.2) is 39.3 Å². The summed E-state index contributed by atoms with van der Waals surface area (Å²) in [6, 6.07) is 7.72. The third-order valence-electron chi connectivity index (χ3n) is 3.02. The van der Waals surface area contributed by atoms with E-state index in [0.29, 0.717) is 19.6 Å². The van der Waals surface area contributed by atoms with Gasteiger partial charge in [0.15, 0.2) is 0 Å². The lowest BCUT2D eigenvalue weighted by atomic mass is 10.1. The van der Waals surface area contributed by atoms with Gasteiger partial charge in [0.25, 0.3) is 0 Å². The normalized spacial score (nSPS) is 11.9. The van der Waals surface area contributed by atoms with Crippen LogP contribution in [-0.2, 0) is 16.0 Å². The first-order valence-corrected chi connectivity index (χ1v) is 6.80. The highest BCUT2D eigenvalue weighted by Gasteiger charge is 2.05. The summed E-state index contributed by atoms with van der Waals surface area (Å²) in [5, 5.41) is 2.87. The van der Waals surface area contributed by atoms with Gasteiger partial charge in [-0.3, -0.25) is 4.79 Å². The Bertz CT molecular complexity index is 393. The van der Waals surface area contributed by atoms with Gasteiger partial charge in [0.1, 0.15) is 5.75 Å². The highest BCUT2D eigenvalue weighted by atomic mass is 16.5. The molecule has 0 radical (unpaired) electrons. The van der Waals surface area contributed by atoms with Crippen LogP contribution in [0.1, 0.15) is 18.4 Å². The third kappa shape index (κ3) is 6.54. The molecular formula is C15H24N2O3. The summed E-state index contributed by atoms with van der Waals surface area (Å²) >= 11 is 0. The molecule has 0 fully saturated rings. The predicted octanol–water partition coefficient (Wildman–Crippen LogP) is 1.11. The Morgan fingerprint density at radius 1 is 1.30 bits per heavy atom. The summed E-state index contributed by atoms with van der Waals surface area (Å²) in [7, 11) is 3.25. The van der Waals surface area contributed by atoms with E-state index >= 15 is 0 Å². The van der Waals surface area contributed by atoms with Crippen molar-refractivity contribution in [2.45, 2.75) is 25.3 Å². The molecule has 0 aliphatic carbocycles. The molecule has 1 aromatic carbocycles. The zero-order chi connectivity index (χ0) is 14.8. The van der Waals surface area contributed by atoms with Gasteiger partial charge in [-0.05, 0) is 30.5 Å². The van der Waals surface area contributed by atoms with Gasteiger partial charge in [-0.25, -0.2) is 0 Å². The fourth-order valence-corrected chi connectivity index (χ4v) is 1.83. The molecule has 0 spiro atoms. The van der Waals surface area contributed by atoms with Gasteiger partial charge in [0.2, 0.25) is 5.91 Å². The molecule has 0 saturated carbocycles. The van der Waals surface area contributed by atoms with Crippen molar-refractivity contribution in [2.24, 2.45) is 5.73 Å². The molecule has 3 N–H and O–H groups in total. The van der Waals surface area contributed by atoms with Crippen LogP contribution in [0, 0.1) is 0 Å². The quantitative estimate of drug-likeness (QED) is 0.710. The van der Waals surface area contributed by atoms with Crippen molar-refractivity contribution in [1.82, 2.24) is 5.32 Å². The van der Waals surface area contributed by atoms with Gasteiger partial charge < -0.3 is 20.5 Å². The molecule has 0 aliphatic rings. The maximum Gasteiger partial charge on any atom is 0.220 e. The molecule has 5 heteroatoms. The predicted molar refractivity (Wildman–Crippen MR) is 78.8 cm³/mol. The van der Waals surface area contributed by atoms with Crippen LogP contribution in [0.15, 0.2) is 24.3 Å². The molecule has 0 bridgehead atoms. The zero-order valence-corrected chi connectivity index (χ0v) is 12.2.